The van der Waals surface area contributed by atoms with Crippen molar-refractivity contribution in [2.24, 2.45) is 0 Å². The van der Waals surface area contributed by atoms with Crippen molar-refractivity contribution in [3.63, 3.8) is 0 Å². The number of imidazole rings is 1. The average Bonchev–Trinajstić information content (AvgIpc) is 2.76. The first-order valence-electron chi connectivity index (χ1n) is 6.24. The molecule has 0 aromatic carbocycles. The summed E-state index contributed by atoms with van der Waals surface area (Å²) >= 11 is 0. The van der Waals surface area contributed by atoms with Gasteiger partial charge in [-0.1, -0.05) is 0 Å². The molecule has 7 nitrogen and oxygen atoms in total. The minimum absolute atomic E-state index is 0.0729. The zero-order chi connectivity index (χ0) is 14.3. The quantitative estimate of drug-likeness (QED) is 0.611. The molecule has 8 heteroatoms. The molecule has 0 atom stereocenters. The molecular weight excluding hydrogens is 268 g/mol. The fourth-order valence-corrected chi connectivity index (χ4v) is 2.61. The molecule has 2 N–H and O–H groups in total. The van der Waals surface area contributed by atoms with Crippen molar-refractivity contribution < 1.29 is 13.2 Å². The van der Waals surface area contributed by atoms with Crippen LogP contribution in [0.4, 0.5) is 0 Å². The Balaban J connectivity index is 2.47. The summed E-state index contributed by atoms with van der Waals surface area (Å²) in [6, 6.07) is 0. The number of nitrogens with one attached hydrogen (secondary N) is 2. The first-order valence-corrected chi connectivity index (χ1v) is 7.72. The molecule has 0 fully saturated rings. The van der Waals surface area contributed by atoms with Crippen LogP contribution in [0.3, 0.4) is 0 Å². The van der Waals surface area contributed by atoms with Crippen LogP contribution in [0.15, 0.2) is 11.2 Å². The number of aromatic nitrogens is 2. The molecule has 0 spiro atoms. The predicted molar refractivity (Wildman–Crippen MR) is 72.6 cm³/mol. The Bertz CT molecular complexity index is 484. The van der Waals surface area contributed by atoms with Crippen LogP contribution in [0.25, 0.3) is 0 Å². The van der Waals surface area contributed by atoms with Gasteiger partial charge in [-0.25, -0.2) is 18.1 Å². The third kappa shape index (κ3) is 4.90. The Labute approximate surface area is 114 Å². The molecule has 1 heterocycles. The van der Waals surface area contributed by atoms with Gasteiger partial charge in [-0.3, -0.25) is 0 Å². The third-order valence-electron chi connectivity index (χ3n) is 2.65. The van der Waals surface area contributed by atoms with Crippen LogP contribution in [0, 0.1) is 6.92 Å². The lowest BCUT2D eigenvalue weighted by molar-refractivity contribution is 0.199. The van der Waals surface area contributed by atoms with Crippen molar-refractivity contribution in [1.82, 2.24) is 19.6 Å². The highest BCUT2D eigenvalue weighted by Gasteiger charge is 2.17. The van der Waals surface area contributed by atoms with Crippen LogP contribution in [0.5, 0.6) is 0 Å². The van der Waals surface area contributed by atoms with E-state index in [0.717, 1.165) is 0 Å². The van der Waals surface area contributed by atoms with Crippen molar-refractivity contribution >= 4 is 10.0 Å². The molecule has 0 amide bonds. The van der Waals surface area contributed by atoms with Gasteiger partial charge in [0, 0.05) is 39.5 Å². The van der Waals surface area contributed by atoms with Crippen molar-refractivity contribution in [2.45, 2.75) is 25.4 Å². The largest absolute Gasteiger partial charge is 0.383 e. The molecule has 0 aliphatic heterocycles. The maximum atomic E-state index is 12.0. The zero-order valence-electron chi connectivity index (χ0n) is 11.6. The van der Waals surface area contributed by atoms with Gasteiger partial charge in [-0.15, -0.1) is 0 Å². The average molecular weight is 290 g/mol. The number of sulfonamides is 1. The van der Waals surface area contributed by atoms with Gasteiger partial charge in [-0.05, 0) is 13.8 Å². The van der Waals surface area contributed by atoms with Crippen LogP contribution in [-0.4, -0.2) is 51.3 Å². The SMILES string of the molecule is CCn1cc(S(=O)(=O)NCCNCCOC)nc1C. The van der Waals surface area contributed by atoms with Gasteiger partial charge in [0.1, 0.15) is 5.82 Å². The molecule has 0 bridgehead atoms. The van der Waals surface area contributed by atoms with Gasteiger partial charge in [-0.2, -0.15) is 0 Å². The predicted octanol–water partition coefficient (Wildman–Crippen LogP) is -0.274. The van der Waals surface area contributed by atoms with Gasteiger partial charge in [0.15, 0.2) is 5.03 Å². The summed E-state index contributed by atoms with van der Waals surface area (Å²) in [6.07, 6.45) is 1.55. The van der Waals surface area contributed by atoms with Gasteiger partial charge in [0.05, 0.1) is 6.61 Å². The molecular formula is C11H22N4O3S. The molecule has 19 heavy (non-hydrogen) atoms. The number of nitrogens with zero attached hydrogens (tertiary/aromatic N) is 2. The number of ether oxygens (including phenoxy) is 1. The van der Waals surface area contributed by atoms with Gasteiger partial charge >= 0.3 is 0 Å². The number of rotatable bonds is 9. The molecule has 1 rings (SSSR count). The van der Waals surface area contributed by atoms with Gasteiger partial charge < -0.3 is 14.6 Å². The number of aryl methyl sites for hydroxylation is 2. The van der Waals surface area contributed by atoms with Crippen LogP contribution in [0.1, 0.15) is 12.7 Å². The van der Waals surface area contributed by atoms with E-state index in [1.807, 2.05) is 6.92 Å². The van der Waals surface area contributed by atoms with E-state index in [4.69, 9.17) is 4.74 Å². The maximum Gasteiger partial charge on any atom is 0.259 e. The third-order valence-corrected chi connectivity index (χ3v) is 3.98. The molecule has 0 saturated carbocycles. The number of hydrogen-bond acceptors (Lipinski definition) is 5. The fraction of sp³-hybridized carbons (Fsp3) is 0.727. The maximum absolute atomic E-state index is 12.0. The summed E-state index contributed by atoms with van der Waals surface area (Å²) in [6.45, 7) is 6.61. The standard InChI is InChI=1S/C11H22N4O3S/c1-4-15-9-11(14-10(15)2)19(16,17)13-6-5-12-7-8-18-3/h9,12-13H,4-8H2,1-3H3. The summed E-state index contributed by atoms with van der Waals surface area (Å²) in [5.74, 6) is 0.695. The zero-order valence-corrected chi connectivity index (χ0v) is 12.5. The van der Waals surface area contributed by atoms with E-state index >= 15 is 0 Å². The van der Waals surface area contributed by atoms with Crippen molar-refractivity contribution in [1.29, 1.82) is 0 Å². The molecule has 1 aromatic rings. The Morgan fingerprint density at radius 2 is 2.11 bits per heavy atom. The van der Waals surface area contributed by atoms with E-state index in [2.05, 4.69) is 15.0 Å². The molecule has 0 aliphatic carbocycles. The lowest BCUT2D eigenvalue weighted by Crippen LogP contribution is -2.33. The van der Waals surface area contributed by atoms with E-state index in [0.29, 0.717) is 38.6 Å². The highest BCUT2D eigenvalue weighted by atomic mass is 32.2. The second kappa shape index (κ2) is 7.59. The van der Waals surface area contributed by atoms with E-state index < -0.39 is 10.0 Å². The van der Waals surface area contributed by atoms with Crippen molar-refractivity contribution in [3.05, 3.63) is 12.0 Å². The number of methoxy groups -OCH3 is 1. The van der Waals surface area contributed by atoms with E-state index in [-0.39, 0.29) is 5.03 Å². The van der Waals surface area contributed by atoms with Crippen LogP contribution < -0.4 is 10.0 Å². The Morgan fingerprint density at radius 1 is 1.37 bits per heavy atom. The van der Waals surface area contributed by atoms with Gasteiger partial charge in [0.25, 0.3) is 10.0 Å². The molecule has 0 aliphatic rings. The number of hydrogen-bond donors (Lipinski definition) is 2. The minimum atomic E-state index is -3.52. The second-order valence-electron chi connectivity index (χ2n) is 4.05. The van der Waals surface area contributed by atoms with Crippen LogP contribution in [0.2, 0.25) is 0 Å². The topological polar surface area (TPSA) is 85.2 Å². The molecule has 0 unspecified atom stereocenters. The Kier molecular flexibility index (Phi) is 6.43. The highest BCUT2D eigenvalue weighted by Crippen LogP contribution is 2.08. The Hall–Kier alpha value is -0.960. The first kappa shape index (κ1) is 16.1. The molecule has 0 saturated heterocycles. The fourth-order valence-electron chi connectivity index (χ4n) is 1.58. The van der Waals surface area contributed by atoms with Gasteiger partial charge in [0.2, 0.25) is 0 Å². The summed E-state index contributed by atoms with van der Waals surface area (Å²) in [7, 11) is -1.90. The normalized spacial score (nSPS) is 11.9. The van der Waals surface area contributed by atoms with Crippen LogP contribution >= 0.6 is 0 Å². The summed E-state index contributed by atoms with van der Waals surface area (Å²) in [5.41, 5.74) is 0. The summed E-state index contributed by atoms with van der Waals surface area (Å²) < 4.78 is 33.1. The van der Waals surface area contributed by atoms with Crippen molar-refractivity contribution in [3.8, 4) is 0 Å². The lowest BCUT2D eigenvalue weighted by Gasteiger charge is -2.05. The highest BCUT2D eigenvalue weighted by molar-refractivity contribution is 7.89. The monoisotopic (exact) mass is 290 g/mol. The molecule has 1 aromatic heterocycles. The second-order valence-corrected chi connectivity index (χ2v) is 5.77. The van der Waals surface area contributed by atoms with Crippen molar-refractivity contribution in [2.75, 3.05) is 33.4 Å². The minimum Gasteiger partial charge on any atom is -0.383 e. The first-order chi connectivity index (χ1) is 9.01. The van der Waals surface area contributed by atoms with E-state index in [1.54, 1.807) is 24.8 Å². The smallest absolute Gasteiger partial charge is 0.259 e. The molecule has 110 valence electrons. The van der Waals surface area contributed by atoms with Crippen LogP contribution in [-0.2, 0) is 21.3 Å². The lowest BCUT2D eigenvalue weighted by atomic mass is 10.6. The summed E-state index contributed by atoms with van der Waals surface area (Å²) in [5, 5.41) is 3.13. The Morgan fingerprint density at radius 3 is 2.68 bits per heavy atom. The van der Waals surface area contributed by atoms with E-state index in [9.17, 15) is 8.42 Å². The molecule has 0 radical (unpaired) electrons. The van der Waals surface area contributed by atoms with E-state index in [1.165, 1.54) is 0 Å². The summed E-state index contributed by atoms with van der Waals surface area (Å²) in [4.78, 5) is 4.05.